The summed E-state index contributed by atoms with van der Waals surface area (Å²) in [6, 6.07) is 6.14. The molecule has 1 aromatic rings. The minimum Gasteiger partial charge on any atom is -0.378 e. The summed E-state index contributed by atoms with van der Waals surface area (Å²) < 4.78 is 32.4. The first kappa shape index (κ1) is 18.4. The normalized spacial score (nSPS) is 23.6. The number of carbonyl (C=O) groups excluding carboxylic acids is 1. The number of amides is 1. The van der Waals surface area contributed by atoms with Gasteiger partial charge in [-0.2, -0.15) is 4.31 Å². The van der Waals surface area contributed by atoms with E-state index < -0.39 is 10.0 Å². The predicted octanol–water partition coefficient (Wildman–Crippen LogP) is 1.97. The van der Waals surface area contributed by atoms with Crippen molar-refractivity contribution in [2.24, 2.45) is 5.92 Å². The second-order valence-corrected chi connectivity index (χ2v) is 8.93. The Morgan fingerprint density at radius 3 is 2.32 bits per heavy atom. The highest BCUT2D eigenvalue weighted by molar-refractivity contribution is 7.89. The molecule has 7 heteroatoms. The second kappa shape index (κ2) is 7.43. The van der Waals surface area contributed by atoms with Gasteiger partial charge in [0, 0.05) is 31.2 Å². The van der Waals surface area contributed by atoms with Crippen molar-refractivity contribution in [3.8, 4) is 0 Å². The van der Waals surface area contributed by atoms with Crippen molar-refractivity contribution in [3.05, 3.63) is 29.8 Å². The van der Waals surface area contributed by atoms with Gasteiger partial charge in [0.05, 0.1) is 18.1 Å². The van der Waals surface area contributed by atoms with E-state index in [2.05, 4.69) is 6.92 Å². The van der Waals surface area contributed by atoms with Gasteiger partial charge in [0.15, 0.2) is 0 Å². The molecule has 0 saturated carbocycles. The first-order chi connectivity index (χ1) is 11.9. The van der Waals surface area contributed by atoms with Crippen LogP contribution in [0.15, 0.2) is 29.2 Å². The smallest absolute Gasteiger partial charge is 0.253 e. The van der Waals surface area contributed by atoms with E-state index in [9.17, 15) is 13.2 Å². The summed E-state index contributed by atoms with van der Waals surface area (Å²) in [5.41, 5.74) is 0.545. The molecule has 2 aliphatic heterocycles. The number of hydrogen-bond donors (Lipinski definition) is 0. The molecule has 2 heterocycles. The van der Waals surface area contributed by atoms with Crippen molar-refractivity contribution in [3.63, 3.8) is 0 Å². The molecule has 0 bridgehead atoms. The van der Waals surface area contributed by atoms with Gasteiger partial charge in [-0.15, -0.1) is 0 Å². The molecule has 2 fully saturated rings. The van der Waals surface area contributed by atoms with Crippen molar-refractivity contribution >= 4 is 15.9 Å². The molecule has 0 radical (unpaired) electrons. The quantitative estimate of drug-likeness (QED) is 0.820. The zero-order valence-corrected chi connectivity index (χ0v) is 15.7. The van der Waals surface area contributed by atoms with Crippen LogP contribution in [0.25, 0.3) is 0 Å². The minimum absolute atomic E-state index is 0.0180. The van der Waals surface area contributed by atoms with Gasteiger partial charge in [-0.1, -0.05) is 6.92 Å². The zero-order chi connectivity index (χ0) is 18.0. The first-order valence-electron chi connectivity index (χ1n) is 8.88. The minimum atomic E-state index is -3.56. The number of likely N-dealkylation sites (tertiary alicyclic amines) is 1. The molecule has 0 aliphatic carbocycles. The van der Waals surface area contributed by atoms with Crippen LogP contribution in [0.3, 0.4) is 0 Å². The molecule has 0 N–H and O–H groups in total. The van der Waals surface area contributed by atoms with Crippen molar-refractivity contribution in [1.29, 1.82) is 0 Å². The average molecular weight is 366 g/mol. The summed E-state index contributed by atoms with van der Waals surface area (Å²) in [5.74, 6) is 0.641. The van der Waals surface area contributed by atoms with Crippen LogP contribution in [0.2, 0.25) is 0 Å². The van der Waals surface area contributed by atoms with Crippen molar-refractivity contribution in [2.75, 3.05) is 32.8 Å². The maximum absolute atomic E-state index is 12.8. The number of ether oxygens (including phenoxy) is 1. The first-order valence-corrected chi connectivity index (χ1v) is 10.3. The summed E-state index contributed by atoms with van der Waals surface area (Å²) in [4.78, 5) is 14.7. The molecule has 1 atom stereocenters. The lowest BCUT2D eigenvalue weighted by Crippen LogP contribution is -2.46. The van der Waals surface area contributed by atoms with Crippen molar-refractivity contribution in [1.82, 2.24) is 9.21 Å². The fourth-order valence-electron chi connectivity index (χ4n) is 3.37. The topological polar surface area (TPSA) is 66.9 Å². The van der Waals surface area contributed by atoms with E-state index >= 15 is 0 Å². The van der Waals surface area contributed by atoms with Crippen LogP contribution in [0.4, 0.5) is 0 Å². The maximum Gasteiger partial charge on any atom is 0.253 e. The highest BCUT2D eigenvalue weighted by Crippen LogP contribution is 2.22. The van der Waals surface area contributed by atoms with Crippen LogP contribution in [0.5, 0.6) is 0 Å². The lowest BCUT2D eigenvalue weighted by atomic mass is 9.98. The number of piperidine rings is 1. The molecular weight excluding hydrogens is 340 g/mol. The molecule has 1 amide bonds. The average Bonchev–Trinajstić information content (AvgIpc) is 2.62. The van der Waals surface area contributed by atoms with E-state index in [0.717, 1.165) is 25.9 Å². The fourth-order valence-corrected chi connectivity index (χ4v) is 4.97. The Labute approximate surface area is 149 Å². The lowest BCUT2D eigenvalue weighted by Gasteiger charge is -2.32. The summed E-state index contributed by atoms with van der Waals surface area (Å²) in [6.45, 7) is 6.75. The molecule has 0 aromatic heterocycles. The van der Waals surface area contributed by atoms with E-state index in [4.69, 9.17) is 4.74 Å². The molecule has 2 saturated heterocycles. The third-order valence-corrected chi connectivity index (χ3v) is 7.11. The van der Waals surface area contributed by atoms with Crippen LogP contribution in [0.1, 0.15) is 37.0 Å². The molecule has 3 rings (SSSR count). The van der Waals surface area contributed by atoms with Crippen LogP contribution in [0, 0.1) is 5.92 Å². The summed E-state index contributed by atoms with van der Waals surface area (Å²) in [5, 5.41) is 0. The van der Waals surface area contributed by atoms with E-state index in [0.29, 0.717) is 31.2 Å². The van der Waals surface area contributed by atoms with Crippen LogP contribution < -0.4 is 0 Å². The number of carbonyl (C=O) groups is 1. The highest BCUT2D eigenvalue weighted by atomic mass is 32.2. The van der Waals surface area contributed by atoms with Crippen molar-refractivity contribution < 1.29 is 17.9 Å². The summed E-state index contributed by atoms with van der Waals surface area (Å²) >= 11 is 0. The second-order valence-electron chi connectivity index (χ2n) is 7.04. The Hall–Kier alpha value is -1.44. The monoisotopic (exact) mass is 366 g/mol. The Balaban J connectivity index is 1.74. The standard InChI is InChI=1S/C18H26N2O4S/c1-14-7-9-19(10-8-14)18(21)16-3-5-17(6-4-16)25(22,23)20-11-12-24-13-15(20)2/h3-6,14-15H,7-13H2,1-2H3. The van der Waals surface area contributed by atoms with E-state index in [1.807, 2.05) is 11.8 Å². The fraction of sp³-hybridized carbons (Fsp3) is 0.611. The van der Waals surface area contributed by atoms with E-state index in [-0.39, 0.29) is 16.8 Å². The van der Waals surface area contributed by atoms with Gasteiger partial charge in [-0.25, -0.2) is 8.42 Å². The Morgan fingerprint density at radius 1 is 1.08 bits per heavy atom. The molecular formula is C18H26N2O4S. The molecule has 138 valence electrons. The molecule has 0 spiro atoms. The number of rotatable bonds is 3. The van der Waals surface area contributed by atoms with Gasteiger partial charge in [0.25, 0.3) is 5.91 Å². The summed E-state index contributed by atoms with van der Waals surface area (Å²) in [6.07, 6.45) is 2.04. The van der Waals surface area contributed by atoms with Gasteiger partial charge < -0.3 is 9.64 Å². The van der Waals surface area contributed by atoms with Crippen molar-refractivity contribution in [2.45, 2.75) is 37.6 Å². The molecule has 1 aromatic carbocycles. The Kier molecular flexibility index (Phi) is 5.46. The molecule has 1 unspecified atom stereocenters. The third-order valence-electron chi connectivity index (χ3n) is 5.09. The molecule has 6 nitrogen and oxygen atoms in total. The van der Waals surface area contributed by atoms with Crippen LogP contribution in [-0.2, 0) is 14.8 Å². The SMILES string of the molecule is CC1CCN(C(=O)c2ccc(S(=O)(=O)N3CCOCC3C)cc2)CC1. The number of benzene rings is 1. The largest absolute Gasteiger partial charge is 0.378 e. The van der Waals surface area contributed by atoms with Gasteiger partial charge in [0.2, 0.25) is 10.0 Å². The van der Waals surface area contributed by atoms with E-state index in [1.165, 1.54) is 16.4 Å². The number of hydrogen-bond acceptors (Lipinski definition) is 4. The summed E-state index contributed by atoms with van der Waals surface area (Å²) in [7, 11) is -3.56. The van der Waals surface area contributed by atoms with Crippen LogP contribution >= 0.6 is 0 Å². The van der Waals surface area contributed by atoms with Crippen LogP contribution in [-0.4, -0.2) is 62.4 Å². The third kappa shape index (κ3) is 3.88. The zero-order valence-electron chi connectivity index (χ0n) is 14.8. The van der Waals surface area contributed by atoms with Gasteiger partial charge >= 0.3 is 0 Å². The number of sulfonamides is 1. The maximum atomic E-state index is 12.8. The Morgan fingerprint density at radius 2 is 1.72 bits per heavy atom. The molecule has 2 aliphatic rings. The molecule has 25 heavy (non-hydrogen) atoms. The van der Waals surface area contributed by atoms with Gasteiger partial charge in [-0.05, 0) is 49.9 Å². The number of nitrogens with zero attached hydrogens (tertiary/aromatic N) is 2. The Bertz CT molecular complexity index is 709. The van der Waals surface area contributed by atoms with Gasteiger partial charge in [0.1, 0.15) is 0 Å². The van der Waals surface area contributed by atoms with Gasteiger partial charge in [-0.3, -0.25) is 4.79 Å². The highest BCUT2D eigenvalue weighted by Gasteiger charge is 2.31. The number of morpholine rings is 1. The van der Waals surface area contributed by atoms with E-state index in [1.54, 1.807) is 12.1 Å². The lowest BCUT2D eigenvalue weighted by molar-refractivity contribution is 0.0393. The predicted molar refractivity (Wildman–Crippen MR) is 94.9 cm³/mol.